The van der Waals surface area contributed by atoms with E-state index in [4.69, 9.17) is 0 Å². The van der Waals surface area contributed by atoms with E-state index in [1.54, 1.807) is 0 Å². The molecule has 0 bridgehead atoms. The maximum atomic E-state index is 12.5. The molecule has 1 aromatic carbocycles. The molecule has 0 heterocycles. The lowest BCUT2D eigenvalue weighted by Gasteiger charge is -2.37. The fourth-order valence-corrected chi connectivity index (χ4v) is 3.06. The Labute approximate surface area is 112 Å². The van der Waals surface area contributed by atoms with Crippen molar-refractivity contribution in [2.45, 2.75) is 39.5 Å². The lowest BCUT2D eigenvalue weighted by atomic mass is 9.66. The fourth-order valence-electron chi connectivity index (χ4n) is 2.80. The van der Waals surface area contributed by atoms with Crippen molar-refractivity contribution < 1.29 is 4.79 Å². The molecule has 1 fully saturated rings. The first-order valence-corrected chi connectivity index (χ1v) is 7.10. The van der Waals surface area contributed by atoms with Gasteiger partial charge in [-0.2, -0.15) is 0 Å². The molecule has 0 saturated heterocycles. The molecule has 1 atom stereocenters. The Kier molecular flexibility index (Phi) is 3.72. The Morgan fingerprint density at radius 3 is 2.47 bits per heavy atom. The summed E-state index contributed by atoms with van der Waals surface area (Å²) in [6.45, 7) is 4.46. The van der Waals surface area contributed by atoms with Gasteiger partial charge in [-0.15, -0.1) is 0 Å². The topological polar surface area (TPSA) is 17.1 Å². The van der Waals surface area contributed by atoms with Gasteiger partial charge in [0.2, 0.25) is 0 Å². The predicted molar refractivity (Wildman–Crippen MR) is 74.2 cm³/mol. The van der Waals surface area contributed by atoms with Crippen molar-refractivity contribution in [2.24, 2.45) is 11.3 Å². The van der Waals surface area contributed by atoms with Crippen LogP contribution in [0.1, 0.15) is 49.9 Å². The summed E-state index contributed by atoms with van der Waals surface area (Å²) in [6.07, 6.45) is 4.66. The van der Waals surface area contributed by atoms with Gasteiger partial charge in [-0.25, -0.2) is 0 Å². The average Bonchev–Trinajstić information content (AvgIpc) is 2.28. The van der Waals surface area contributed by atoms with E-state index < -0.39 is 0 Å². The number of rotatable bonds is 2. The zero-order valence-electron chi connectivity index (χ0n) is 10.5. The third kappa shape index (κ3) is 2.79. The predicted octanol–water partition coefficient (Wildman–Crippen LogP) is 4.85. The van der Waals surface area contributed by atoms with Gasteiger partial charge >= 0.3 is 0 Å². The third-order valence-electron chi connectivity index (χ3n) is 3.95. The molecular weight excluding hydrogens is 276 g/mol. The average molecular weight is 295 g/mol. The van der Waals surface area contributed by atoms with E-state index in [0.29, 0.717) is 5.78 Å². The molecule has 1 aromatic rings. The molecule has 0 radical (unpaired) electrons. The molecule has 2 rings (SSSR count). The second-order valence-electron chi connectivity index (χ2n) is 5.66. The Balaban J connectivity index is 2.21. The second kappa shape index (κ2) is 4.93. The normalized spacial score (nSPS) is 23.4. The molecule has 1 unspecified atom stereocenters. The van der Waals surface area contributed by atoms with Gasteiger partial charge in [0.25, 0.3) is 0 Å². The lowest BCUT2D eigenvalue weighted by molar-refractivity contribution is 0.0697. The van der Waals surface area contributed by atoms with E-state index in [0.717, 1.165) is 16.5 Å². The third-order valence-corrected chi connectivity index (χ3v) is 4.48. The van der Waals surface area contributed by atoms with Crippen molar-refractivity contribution in [1.29, 1.82) is 0 Å². The minimum atomic E-state index is 0.155. The molecular formula is C15H19BrO. The van der Waals surface area contributed by atoms with Crippen LogP contribution < -0.4 is 0 Å². The molecule has 0 spiro atoms. The fraction of sp³-hybridized carbons (Fsp3) is 0.533. The quantitative estimate of drug-likeness (QED) is 0.713. The first-order chi connectivity index (χ1) is 8.00. The van der Waals surface area contributed by atoms with Gasteiger partial charge in [0.15, 0.2) is 5.78 Å². The van der Waals surface area contributed by atoms with Crippen LogP contribution in [0.2, 0.25) is 0 Å². The van der Waals surface area contributed by atoms with Gasteiger partial charge < -0.3 is 0 Å². The summed E-state index contributed by atoms with van der Waals surface area (Å²) in [7, 11) is 0. The summed E-state index contributed by atoms with van der Waals surface area (Å²) in [5.74, 6) is 0.514. The molecule has 1 aliphatic carbocycles. The SMILES string of the molecule is CC1(C)CCCCC1C(=O)c1ccc(Br)cc1. The Morgan fingerprint density at radius 2 is 1.88 bits per heavy atom. The highest BCUT2D eigenvalue weighted by Crippen LogP contribution is 2.42. The summed E-state index contributed by atoms with van der Waals surface area (Å²) >= 11 is 3.40. The molecule has 0 aromatic heterocycles. The van der Waals surface area contributed by atoms with Crippen molar-refractivity contribution in [3.05, 3.63) is 34.3 Å². The van der Waals surface area contributed by atoms with Crippen LogP contribution in [-0.4, -0.2) is 5.78 Å². The number of carbonyl (C=O) groups is 1. The summed E-state index contributed by atoms with van der Waals surface area (Å²) in [4.78, 5) is 12.5. The van der Waals surface area contributed by atoms with Crippen molar-refractivity contribution in [1.82, 2.24) is 0 Å². The molecule has 92 valence electrons. The van der Waals surface area contributed by atoms with Crippen LogP contribution in [0.4, 0.5) is 0 Å². The number of hydrogen-bond donors (Lipinski definition) is 0. The Bertz CT molecular complexity index is 405. The van der Waals surface area contributed by atoms with Gasteiger partial charge in [-0.05, 0) is 30.4 Å². The molecule has 17 heavy (non-hydrogen) atoms. The van der Waals surface area contributed by atoms with Gasteiger partial charge in [-0.1, -0.05) is 54.8 Å². The number of ketones is 1. The van der Waals surface area contributed by atoms with E-state index in [1.165, 1.54) is 19.3 Å². The molecule has 1 nitrogen and oxygen atoms in total. The lowest BCUT2D eigenvalue weighted by Crippen LogP contribution is -2.34. The highest BCUT2D eigenvalue weighted by atomic mass is 79.9. The Hall–Kier alpha value is -0.630. The summed E-state index contributed by atoms with van der Waals surface area (Å²) in [5.41, 5.74) is 1.01. The smallest absolute Gasteiger partial charge is 0.166 e. The molecule has 1 saturated carbocycles. The van der Waals surface area contributed by atoms with E-state index in [-0.39, 0.29) is 11.3 Å². The van der Waals surface area contributed by atoms with E-state index >= 15 is 0 Å². The number of halogens is 1. The van der Waals surface area contributed by atoms with Crippen LogP contribution in [0.3, 0.4) is 0 Å². The van der Waals surface area contributed by atoms with Gasteiger partial charge in [0.05, 0.1) is 0 Å². The molecule has 1 aliphatic rings. The minimum Gasteiger partial charge on any atom is -0.294 e. The zero-order valence-corrected chi connectivity index (χ0v) is 12.1. The summed E-state index contributed by atoms with van der Waals surface area (Å²) < 4.78 is 1.02. The standard InChI is InChI=1S/C15H19BrO/c1-15(2)10-4-3-5-13(15)14(17)11-6-8-12(16)9-7-11/h6-9,13H,3-5,10H2,1-2H3. The second-order valence-corrected chi connectivity index (χ2v) is 6.57. The van der Waals surface area contributed by atoms with Crippen molar-refractivity contribution in [2.75, 3.05) is 0 Å². The number of benzene rings is 1. The summed E-state index contributed by atoms with van der Waals surface area (Å²) in [5, 5.41) is 0. The molecule has 0 N–H and O–H groups in total. The van der Waals surface area contributed by atoms with Crippen LogP contribution in [0, 0.1) is 11.3 Å². The largest absolute Gasteiger partial charge is 0.294 e. The van der Waals surface area contributed by atoms with Crippen LogP contribution in [-0.2, 0) is 0 Å². The van der Waals surface area contributed by atoms with Crippen LogP contribution in [0.5, 0.6) is 0 Å². The van der Waals surface area contributed by atoms with Crippen LogP contribution in [0.15, 0.2) is 28.7 Å². The van der Waals surface area contributed by atoms with Gasteiger partial charge in [-0.3, -0.25) is 4.79 Å². The van der Waals surface area contributed by atoms with Gasteiger partial charge in [0.1, 0.15) is 0 Å². The Morgan fingerprint density at radius 1 is 1.24 bits per heavy atom. The monoisotopic (exact) mass is 294 g/mol. The van der Waals surface area contributed by atoms with E-state index in [1.807, 2.05) is 24.3 Å². The number of carbonyl (C=O) groups excluding carboxylic acids is 1. The summed E-state index contributed by atoms with van der Waals surface area (Å²) in [6, 6.07) is 7.75. The molecule has 0 aliphatic heterocycles. The number of Topliss-reactive ketones (excluding diaryl/α,β-unsaturated/α-hetero) is 1. The van der Waals surface area contributed by atoms with E-state index in [9.17, 15) is 4.79 Å². The van der Waals surface area contributed by atoms with Crippen LogP contribution >= 0.6 is 15.9 Å². The number of hydrogen-bond acceptors (Lipinski definition) is 1. The first kappa shape index (κ1) is 12.8. The van der Waals surface area contributed by atoms with Crippen LogP contribution in [0.25, 0.3) is 0 Å². The molecule has 2 heteroatoms. The van der Waals surface area contributed by atoms with Crippen molar-refractivity contribution in [3.63, 3.8) is 0 Å². The zero-order chi connectivity index (χ0) is 12.5. The highest BCUT2D eigenvalue weighted by Gasteiger charge is 2.37. The maximum absolute atomic E-state index is 12.5. The van der Waals surface area contributed by atoms with Crippen molar-refractivity contribution in [3.8, 4) is 0 Å². The first-order valence-electron chi connectivity index (χ1n) is 6.30. The maximum Gasteiger partial charge on any atom is 0.166 e. The minimum absolute atomic E-state index is 0.155. The highest BCUT2D eigenvalue weighted by molar-refractivity contribution is 9.10. The molecule has 0 amide bonds. The van der Waals surface area contributed by atoms with E-state index in [2.05, 4.69) is 29.8 Å². The van der Waals surface area contributed by atoms with Crippen molar-refractivity contribution >= 4 is 21.7 Å². The van der Waals surface area contributed by atoms with Gasteiger partial charge in [0, 0.05) is 16.0 Å².